The van der Waals surface area contributed by atoms with Gasteiger partial charge in [-0.3, -0.25) is 4.79 Å². The lowest BCUT2D eigenvalue weighted by Crippen LogP contribution is -2.44. The van der Waals surface area contributed by atoms with E-state index in [2.05, 4.69) is 30.5 Å². The number of rotatable bonds is 4. The summed E-state index contributed by atoms with van der Waals surface area (Å²) in [6.45, 7) is 2.56. The summed E-state index contributed by atoms with van der Waals surface area (Å²) in [6.07, 6.45) is 6.46. The van der Waals surface area contributed by atoms with Crippen LogP contribution in [0.4, 0.5) is 5.95 Å². The molecule has 1 fully saturated rings. The highest BCUT2D eigenvalue weighted by Crippen LogP contribution is 2.26. The van der Waals surface area contributed by atoms with Crippen molar-refractivity contribution in [3.8, 4) is 0 Å². The van der Waals surface area contributed by atoms with Gasteiger partial charge in [-0.15, -0.1) is 0 Å². The number of aromatic nitrogens is 7. The second-order valence-corrected chi connectivity index (χ2v) is 7.30. The Hall–Kier alpha value is -2.52. The molecule has 0 N–H and O–H groups in total. The number of carbonyl (C=O) groups is 1. The summed E-state index contributed by atoms with van der Waals surface area (Å²) in [4.78, 5) is 21.3. The maximum atomic E-state index is 13.0. The van der Waals surface area contributed by atoms with Gasteiger partial charge < -0.3 is 9.80 Å². The summed E-state index contributed by atoms with van der Waals surface area (Å²) in [5.74, 6) is 2.26. The van der Waals surface area contributed by atoms with Crippen LogP contribution in [0.15, 0.2) is 6.33 Å². The molecule has 2 aliphatic heterocycles. The molecule has 2 aromatic rings. The summed E-state index contributed by atoms with van der Waals surface area (Å²) in [7, 11) is 3.75. The number of fused-ring (bicyclic) bond motifs is 1. The maximum Gasteiger partial charge on any atom is 0.247 e. The first-order valence-electron chi connectivity index (χ1n) is 9.24. The minimum atomic E-state index is -0.214. The molecule has 0 spiro atoms. The van der Waals surface area contributed by atoms with Crippen molar-refractivity contribution in [1.82, 2.24) is 39.9 Å². The number of tetrazole rings is 1. The predicted octanol–water partition coefficient (Wildman–Crippen LogP) is 0.0540. The molecule has 0 radical (unpaired) electrons. The van der Waals surface area contributed by atoms with Crippen molar-refractivity contribution in [2.45, 2.75) is 38.1 Å². The zero-order valence-electron chi connectivity index (χ0n) is 15.3. The Labute approximate surface area is 152 Å². The molecule has 0 aliphatic carbocycles. The molecule has 2 aliphatic rings. The second kappa shape index (κ2) is 7.00. The van der Waals surface area contributed by atoms with Gasteiger partial charge in [-0.05, 0) is 42.0 Å². The van der Waals surface area contributed by atoms with E-state index >= 15 is 0 Å². The third-order valence-corrected chi connectivity index (χ3v) is 5.41. The van der Waals surface area contributed by atoms with Crippen LogP contribution in [0.1, 0.15) is 37.5 Å². The monoisotopic (exact) mass is 359 g/mol. The van der Waals surface area contributed by atoms with Gasteiger partial charge in [-0.25, -0.2) is 14.3 Å². The summed E-state index contributed by atoms with van der Waals surface area (Å²) in [5, 5.41) is 16.0. The topological polar surface area (TPSA) is 97.9 Å². The van der Waals surface area contributed by atoms with E-state index in [-0.39, 0.29) is 11.9 Å². The Balaban J connectivity index is 1.39. The number of anilines is 1. The van der Waals surface area contributed by atoms with Gasteiger partial charge >= 0.3 is 0 Å². The number of hydrogen-bond acceptors (Lipinski definition) is 7. The molecule has 0 bridgehead atoms. The normalized spacial score (nSPS) is 22.9. The van der Waals surface area contributed by atoms with Crippen molar-refractivity contribution in [1.29, 1.82) is 0 Å². The van der Waals surface area contributed by atoms with Gasteiger partial charge in [-0.2, -0.15) is 5.10 Å². The third-order valence-electron chi connectivity index (χ3n) is 5.41. The van der Waals surface area contributed by atoms with E-state index in [4.69, 9.17) is 0 Å². The first-order valence-corrected chi connectivity index (χ1v) is 9.24. The zero-order chi connectivity index (χ0) is 18.1. The lowest BCUT2D eigenvalue weighted by atomic mass is 9.97. The summed E-state index contributed by atoms with van der Waals surface area (Å²) < 4.78 is 3.51. The van der Waals surface area contributed by atoms with Crippen LogP contribution in [0, 0.1) is 5.92 Å². The molecular formula is C16H25N9O. The molecule has 2 aromatic heterocycles. The summed E-state index contributed by atoms with van der Waals surface area (Å²) in [5.41, 5.74) is 0. The standard InChI is InChI=1S/C16H25N9O/c1-22(15(26)13-6-3-7-14-17-11-18-25(13)14)9-12-5-4-8-24(10-12)16-19-20-21-23(16)2/h11-13H,3-10H2,1-2H3. The van der Waals surface area contributed by atoms with Crippen molar-refractivity contribution in [3.05, 3.63) is 12.2 Å². The molecule has 1 saturated heterocycles. The molecular weight excluding hydrogens is 334 g/mol. The predicted molar refractivity (Wildman–Crippen MR) is 93.4 cm³/mol. The van der Waals surface area contributed by atoms with E-state index in [1.165, 1.54) is 0 Å². The van der Waals surface area contributed by atoms with E-state index in [1.54, 1.807) is 15.7 Å². The molecule has 10 heteroatoms. The average Bonchev–Trinajstić information content (AvgIpc) is 3.29. The third kappa shape index (κ3) is 3.15. The largest absolute Gasteiger partial charge is 0.344 e. The fraction of sp³-hybridized carbons (Fsp3) is 0.750. The van der Waals surface area contributed by atoms with Crippen LogP contribution in [-0.2, 0) is 18.3 Å². The van der Waals surface area contributed by atoms with Crippen molar-refractivity contribution >= 4 is 11.9 Å². The Morgan fingerprint density at radius 3 is 3.04 bits per heavy atom. The highest BCUT2D eigenvalue weighted by atomic mass is 16.2. The minimum Gasteiger partial charge on any atom is -0.344 e. The smallest absolute Gasteiger partial charge is 0.247 e. The Morgan fingerprint density at radius 1 is 1.35 bits per heavy atom. The summed E-state index contributed by atoms with van der Waals surface area (Å²) >= 11 is 0. The quantitative estimate of drug-likeness (QED) is 0.761. The summed E-state index contributed by atoms with van der Waals surface area (Å²) in [6, 6.07) is -0.214. The van der Waals surface area contributed by atoms with E-state index in [0.717, 1.165) is 63.5 Å². The number of amides is 1. The highest BCUT2D eigenvalue weighted by Gasteiger charge is 2.31. The molecule has 2 unspecified atom stereocenters. The van der Waals surface area contributed by atoms with Crippen LogP contribution >= 0.6 is 0 Å². The molecule has 1 amide bonds. The van der Waals surface area contributed by atoms with E-state index in [0.29, 0.717) is 5.92 Å². The first-order chi connectivity index (χ1) is 12.6. The Morgan fingerprint density at radius 2 is 2.23 bits per heavy atom. The zero-order valence-corrected chi connectivity index (χ0v) is 15.3. The SMILES string of the molecule is CN(CC1CCCN(c2nnnn2C)C1)C(=O)C1CCCc2ncnn21. The molecule has 10 nitrogen and oxygen atoms in total. The van der Waals surface area contributed by atoms with Gasteiger partial charge in [0.15, 0.2) is 0 Å². The van der Waals surface area contributed by atoms with Crippen molar-refractivity contribution in [2.75, 3.05) is 31.6 Å². The number of aryl methyl sites for hydroxylation is 2. The molecule has 0 saturated carbocycles. The molecule has 0 aromatic carbocycles. The molecule has 2 atom stereocenters. The van der Waals surface area contributed by atoms with Gasteiger partial charge in [0.25, 0.3) is 0 Å². The van der Waals surface area contributed by atoms with Gasteiger partial charge in [0, 0.05) is 40.2 Å². The van der Waals surface area contributed by atoms with Crippen molar-refractivity contribution in [2.24, 2.45) is 13.0 Å². The van der Waals surface area contributed by atoms with Crippen LogP contribution < -0.4 is 4.90 Å². The first kappa shape index (κ1) is 16.9. The van der Waals surface area contributed by atoms with Crippen LogP contribution in [0.2, 0.25) is 0 Å². The van der Waals surface area contributed by atoms with Gasteiger partial charge in [0.05, 0.1) is 0 Å². The number of nitrogens with zero attached hydrogens (tertiary/aromatic N) is 9. The van der Waals surface area contributed by atoms with Crippen LogP contribution in [-0.4, -0.2) is 72.5 Å². The van der Waals surface area contributed by atoms with Gasteiger partial charge in [-0.1, -0.05) is 5.10 Å². The average molecular weight is 359 g/mol. The van der Waals surface area contributed by atoms with E-state index in [9.17, 15) is 4.79 Å². The number of piperidine rings is 1. The van der Waals surface area contributed by atoms with E-state index in [1.807, 2.05) is 19.0 Å². The van der Waals surface area contributed by atoms with Crippen molar-refractivity contribution < 1.29 is 4.79 Å². The van der Waals surface area contributed by atoms with Crippen LogP contribution in [0.3, 0.4) is 0 Å². The lowest BCUT2D eigenvalue weighted by Gasteiger charge is -2.35. The van der Waals surface area contributed by atoms with Crippen molar-refractivity contribution in [3.63, 3.8) is 0 Å². The number of likely N-dealkylation sites (N-methyl/N-ethyl adjacent to an activating group) is 1. The van der Waals surface area contributed by atoms with Crippen LogP contribution in [0.25, 0.3) is 0 Å². The number of carbonyl (C=O) groups excluding carboxylic acids is 1. The Kier molecular flexibility index (Phi) is 4.56. The molecule has 4 heterocycles. The lowest BCUT2D eigenvalue weighted by molar-refractivity contribution is -0.135. The van der Waals surface area contributed by atoms with Crippen LogP contribution in [0.5, 0.6) is 0 Å². The molecule has 140 valence electrons. The molecule has 4 rings (SSSR count). The second-order valence-electron chi connectivity index (χ2n) is 7.30. The maximum absolute atomic E-state index is 13.0. The fourth-order valence-electron chi connectivity index (χ4n) is 4.14. The van der Waals surface area contributed by atoms with E-state index < -0.39 is 0 Å². The molecule has 26 heavy (non-hydrogen) atoms. The Bertz CT molecular complexity index is 769. The fourth-order valence-corrected chi connectivity index (χ4v) is 4.14. The van der Waals surface area contributed by atoms with Gasteiger partial charge in [0.1, 0.15) is 18.2 Å². The number of hydrogen-bond donors (Lipinski definition) is 0. The minimum absolute atomic E-state index is 0.133. The highest BCUT2D eigenvalue weighted by molar-refractivity contribution is 5.80. The van der Waals surface area contributed by atoms with Gasteiger partial charge in [0.2, 0.25) is 11.9 Å².